The fourth-order valence-electron chi connectivity index (χ4n) is 3.41. The molecule has 0 aliphatic carbocycles. The van der Waals surface area contributed by atoms with Crippen LogP contribution in [0.15, 0.2) is 20.9 Å². The maximum atomic E-state index is 11.9. The number of thioether (sulfide) groups is 3. The molecule has 2 rings (SSSR count). The van der Waals surface area contributed by atoms with Gasteiger partial charge in [-0.3, -0.25) is 0 Å². The zero-order valence-corrected chi connectivity index (χ0v) is 29.1. The zero-order valence-electron chi connectivity index (χ0n) is 26.7. The van der Waals surface area contributed by atoms with Gasteiger partial charge in [-0.05, 0) is 60.3 Å². The maximum Gasteiger partial charge on any atom is 0.410 e. The van der Waals surface area contributed by atoms with Crippen LogP contribution in [0.2, 0.25) is 0 Å². The molecule has 2 aliphatic heterocycles. The minimum atomic E-state index is -1.16. The lowest BCUT2D eigenvalue weighted by Gasteiger charge is -2.37. The molecule has 0 spiro atoms. The molecule has 242 valence electrons. The Morgan fingerprint density at radius 2 is 1.19 bits per heavy atom. The molecule has 12 nitrogen and oxygen atoms in total. The van der Waals surface area contributed by atoms with Crippen molar-refractivity contribution in [1.29, 1.82) is 10.5 Å². The van der Waals surface area contributed by atoms with E-state index >= 15 is 0 Å². The fourth-order valence-corrected chi connectivity index (χ4v) is 5.36. The minimum Gasteiger partial charge on any atom is -0.477 e. The van der Waals surface area contributed by atoms with E-state index in [2.05, 4.69) is 16.3 Å². The van der Waals surface area contributed by atoms with E-state index in [1.54, 1.807) is 46.2 Å². The molecule has 2 aliphatic rings. The molecular weight excluding hydrogens is 613 g/mol. The average molecular weight is 659 g/mol. The summed E-state index contributed by atoms with van der Waals surface area (Å²) in [6, 6.07) is 3.69. The highest BCUT2D eigenvalue weighted by Crippen LogP contribution is 2.27. The van der Waals surface area contributed by atoms with Crippen LogP contribution in [0.3, 0.4) is 0 Å². The van der Waals surface area contributed by atoms with Gasteiger partial charge in [-0.25, -0.2) is 14.4 Å². The Balaban J connectivity index is 0.000000646. The zero-order chi connectivity index (χ0) is 33.2. The van der Waals surface area contributed by atoms with E-state index in [9.17, 15) is 14.4 Å². The van der Waals surface area contributed by atoms with Crippen molar-refractivity contribution in [3.05, 3.63) is 20.9 Å². The van der Waals surface area contributed by atoms with E-state index in [1.165, 1.54) is 23.5 Å². The van der Waals surface area contributed by atoms with Crippen molar-refractivity contribution in [3.63, 3.8) is 0 Å². The maximum absolute atomic E-state index is 11.9. The van der Waals surface area contributed by atoms with Crippen LogP contribution in [0.1, 0.15) is 41.5 Å². The number of nitrogens with zero attached hydrogens (tertiary/aromatic N) is 5. The number of carbonyl (C=O) groups is 3. The van der Waals surface area contributed by atoms with E-state index in [0.717, 1.165) is 44.3 Å². The number of ether oxygens (including phenoxy) is 2. The Kier molecular flexibility index (Phi) is 19.0. The number of nitriles is 2. The van der Waals surface area contributed by atoms with Crippen LogP contribution < -0.4 is 5.32 Å². The number of amides is 2. The van der Waals surface area contributed by atoms with Crippen molar-refractivity contribution in [2.24, 2.45) is 0 Å². The second-order valence-electron chi connectivity index (χ2n) is 11.0. The van der Waals surface area contributed by atoms with Crippen LogP contribution in [0, 0.1) is 22.7 Å². The summed E-state index contributed by atoms with van der Waals surface area (Å²) in [5, 5.41) is 29.8. The molecule has 2 fully saturated rings. The molecule has 0 aromatic rings. The highest BCUT2D eigenvalue weighted by molar-refractivity contribution is 8.21. The van der Waals surface area contributed by atoms with Gasteiger partial charge in [0.05, 0.1) is 15.3 Å². The first-order chi connectivity index (χ1) is 20.0. The third kappa shape index (κ3) is 17.2. The number of carbonyl (C=O) groups excluding carboxylic acids is 2. The predicted molar refractivity (Wildman–Crippen MR) is 175 cm³/mol. The number of allylic oxidation sites excluding steroid dienone is 1. The first kappa shape index (κ1) is 40.3. The Hall–Kier alpha value is -2.72. The van der Waals surface area contributed by atoms with E-state index in [4.69, 9.17) is 25.1 Å². The van der Waals surface area contributed by atoms with Crippen LogP contribution in [-0.4, -0.2) is 120 Å². The van der Waals surface area contributed by atoms with Gasteiger partial charge in [0, 0.05) is 58.4 Å². The molecular formula is C28H46N6O6S3. The number of aliphatic carboxylic acids is 1. The summed E-state index contributed by atoms with van der Waals surface area (Å²) in [7, 11) is 0. The van der Waals surface area contributed by atoms with Gasteiger partial charge in [-0.15, -0.1) is 35.3 Å². The van der Waals surface area contributed by atoms with Crippen LogP contribution in [0.4, 0.5) is 9.59 Å². The van der Waals surface area contributed by atoms with Crippen LogP contribution in [0.25, 0.3) is 0 Å². The van der Waals surface area contributed by atoms with Gasteiger partial charge in [0.15, 0.2) is 5.57 Å². The standard InChI is InChI=1S/C13H21N3O2S.C9H18N2O2.C6H7NO2S2/c1-13(2,3)18-12(17)16-9-7-15(8-10-16)11(19-4)5-6-14;1-9(2,3)13-8(12)11-6-4-10-5-7-11;1-10-6(11-2)4(3-7)5(8)9/h5H,7-10H2,1-4H3;10H,4-7H2,1-3H3;1-2H3,(H,8,9)/b11-5-;;. The predicted octanol–water partition coefficient (Wildman–Crippen LogP) is 4.63. The number of nitrogens with one attached hydrogen (secondary N) is 1. The van der Waals surface area contributed by atoms with Crippen molar-refractivity contribution in [2.45, 2.75) is 52.7 Å². The SMILES string of the molecule is CC(C)(C)OC(=O)N1CCNCC1.CS/C(=C\C#N)N1CCN(C(=O)OC(C)(C)C)CC1.CSC(SC)=C(C#N)C(=O)O. The Morgan fingerprint density at radius 1 is 0.767 bits per heavy atom. The summed E-state index contributed by atoms with van der Waals surface area (Å²) in [6.45, 7) is 17.2. The molecule has 2 amide bonds. The van der Waals surface area contributed by atoms with Gasteiger partial charge in [0.25, 0.3) is 0 Å². The lowest BCUT2D eigenvalue weighted by atomic mass is 10.2. The third-order valence-corrected chi connectivity index (χ3v) is 8.25. The normalized spacial score (nSPS) is 15.3. The molecule has 2 saturated heterocycles. The largest absolute Gasteiger partial charge is 0.477 e. The molecule has 0 bridgehead atoms. The molecule has 0 unspecified atom stereocenters. The molecule has 2 N–H and O–H groups in total. The van der Waals surface area contributed by atoms with Gasteiger partial charge < -0.3 is 34.6 Å². The first-order valence-corrected chi connectivity index (χ1v) is 17.2. The molecule has 0 radical (unpaired) electrons. The van der Waals surface area contributed by atoms with E-state index in [1.807, 2.05) is 47.8 Å². The van der Waals surface area contributed by atoms with Crippen molar-refractivity contribution < 1.29 is 29.0 Å². The number of piperazine rings is 2. The second-order valence-corrected chi connectivity index (χ2v) is 13.7. The third-order valence-electron chi connectivity index (χ3n) is 5.31. The number of carboxylic acid groups (broad SMARTS) is 1. The Labute approximate surface area is 269 Å². The lowest BCUT2D eigenvalue weighted by Crippen LogP contribution is -2.49. The van der Waals surface area contributed by atoms with Crippen LogP contribution >= 0.6 is 35.3 Å². The molecule has 15 heteroatoms. The fraction of sp³-hybridized carbons (Fsp3) is 0.679. The van der Waals surface area contributed by atoms with E-state index < -0.39 is 11.6 Å². The summed E-state index contributed by atoms with van der Waals surface area (Å²) >= 11 is 4.09. The topological polar surface area (TPSA) is 159 Å². The van der Waals surface area contributed by atoms with Gasteiger partial charge >= 0.3 is 18.2 Å². The number of rotatable bonds is 5. The quantitative estimate of drug-likeness (QED) is 0.311. The Bertz CT molecular complexity index is 1050. The molecule has 0 atom stereocenters. The lowest BCUT2D eigenvalue weighted by molar-refractivity contribution is -0.132. The molecule has 0 saturated carbocycles. The van der Waals surface area contributed by atoms with E-state index in [0.29, 0.717) is 17.3 Å². The van der Waals surface area contributed by atoms with Crippen molar-refractivity contribution in [2.75, 3.05) is 71.1 Å². The second kappa shape index (κ2) is 20.3. The van der Waals surface area contributed by atoms with Crippen molar-refractivity contribution in [1.82, 2.24) is 20.0 Å². The van der Waals surface area contributed by atoms with Crippen LogP contribution in [0.5, 0.6) is 0 Å². The average Bonchev–Trinajstić information content (AvgIpc) is 2.94. The molecule has 0 aromatic heterocycles. The first-order valence-electron chi connectivity index (χ1n) is 13.5. The minimum absolute atomic E-state index is 0.176. The monoisotopic (exact) mass is 658 g/mol. The van der Waals surface area contributed by atoms with Crippen molar-refractivity contribution in [3.8, 4) is 12.1 Å². The van der Waals surface area contributed by atoms with Crippen molar-refractivity contribution >= 4 is 53.4 Å². The highest BCUT2D eigenvalue weighted by Gasteiger charge is 2.26. The van der Waals surface area contributed by atoms with Crippen LogP contribution in [-0.2, 0) is 14.3 Å². The molecule has 43 heavy (non-hydrogen) atoms. The summed E-state index contributed by atoms with van der Waals surface area (Å²) in [4.78, 5) is 39.3. The number of carboxylic acids is 1. The van der Waals surface area contributed by atoms with Gasteiger partial charge in [0.1, 0.15) is 17.3 Å². The summed E-state index contributed by atoms with van der Waals surface area (Å²) in [5.41, 5.74) is -1.02. The van der Waals surface area contributed by atoms with Gasteiger partial charge in [-0.2, -0.15) is 10.5 Å². The smallest absolute Gasteiger partial charge is 0.410 e. The summed E-state index contributed by atoms with van der Waals surface area (Å²) < 4.78 is 11.1. The van der Waals surface area contributed by atoms with E-state index in [-0.39, 0.29) is 23.4 Å². The summed E-state index contributed by atoms with van der Waals surface area (Å²) in [5.74, 6) is -1.16. The number of hydrogen-bond donors (Lipinski definition) is 2. The summed E-state index contributed by atoms with van der Waals surface area (Å²) in [6.07, 6.45) is 6.52. The highest BCUT2D eigenvalue weighted by atomic mass is 32.2. The molecule has 2 heterocycles. The van der Waals surface area contributed by atoms with Gasteiger partial charge in [0.2, 0.25) is 0 Å². The Morgan fingerprint density at radius 3 is 1.49 bits per heavy atom. The van der Waals surface area contributed by atoms with Gasteiger partial charge in [-0.1, -0.05) is 0 Å². The number of hydrogen-bond acceptors (Lipinski definition) is 12. The molecule has 0 aromatic carbocycles.